The molecule has 2 aliphatic rings. The lowest BCUT2D eigenvalue weighted by atomic mass is 9.52. The molecule has 1 aliphatic heterocycles. The van der Waals surface area contributed by atoms with Gasteiger partial charge < -0.3 is 19.8 Å². The monoisotopic (exact) mass is 463 g/mol. The number of aromatic hydroxyl groups is 2. The molecule has 4 heteroatoms. The molecule has 1 aromatic rings. The Kier molecular flexibility index (Phi) is 12.3. The number of rotatable bonds is 6. The first-order valence-electron chi connectivity index (χ1n) is 13.6. The van der Waals surface area contributed by atoms with Crippen LogP contribution < -0.4 is 0 Å². The number of benzene rings is 1. The molecule has 4 nitrogen and oxygen atoms in total. The van der Waals surface area contributed by atoms with Crippen molar-refractivity contribution in [3.63, 3.8) is 0 Å². The van der Waals surface area contributed by atoms with Gasteiger partial charge in [0.05, 0.1) is 6.10 Å². The fourth-order valence-electron chi connectivity index (χ4n) is 6.58. The molecule has 0 radical (unpaired) electrons. The second-order valence-corrected chi connectivity index (χ2v) is 9.70. The Morgan fingerprint density at radius 2 is 1.79 bits per heavy atom. The minimum atomic E-state index is -0.150. The third kappa shape index (κ3) is 5.88. The van der Waals surface area contributed by atoms with E-state index in [1.807, 2.05) is 40.9 Å². The minimum Gasteiger partial charge on any atom is -0.504 e. The highest BCUT2D eigenvalue weighted by Gasteiger charge is 2.55. The second-order valence-electron chi connectivity index (χ2n) is 9.70. The third-order valence-corrected chi connectivity index (χ3v) is 8.37. The van der Waals surface area contributed by atoms with E-state index in [0.29, 0.717) is 23.8 Å². The highest BCUT2D eigenvalue weighted by Crippen LogP contribution is 2.58. The zero-order valence-corrected chi connectivity index (χ0v) is 23.2. The van der Waals surface area contributed by atoms with E-state index in [1.54, 1.807) is 6.07 Å². The topological polar surface area (TPSA) is 52.9 Å². The van der Waals surface area contributed by atoms with Gasteiger partial charge in [-0.05, 0) is 75.6 Å². The lowest BCUT2D eigenvalue weighted by Gasteiger charge is -2.58. The van der Waals surface area contributed by atoms with E-state index >= 15 is 0 Å². The van der Waals surface area contributed by atoms with E-state index in [2.05, 4.69) is 39.6 Å². The minimum absolute atomic E-state index is 0.00680. The fourth-order valence-corrected chi connectivity index (χ4v) is 6.58. The Bertz CT molecular complexity index is 706. The average molecular weight is 464 g/mol. The molecule has 192 valence electrons. The van der Waals surface area contributed by atoms with Crippen molar-refractivity contribution in [1.29, 1.82) is 0 Å². The molecule has 3 rings (SSSR count). The second kappa shape index (κ2) is 13.6. The summed E-state index contributed by atoms with van der Waals surface area (Å²) in [5.74, 6) is 1.71. The number of fused-ring (bicyclic) bond motifs is 1. The number of hydrogen-bond acceptors (Lipinski definition) is 4. The van der Waals surface area contributed by atoms with Crippen molar-refractivity contribution in [3.05, 3.63) is 23.3 Å². The average Bonchev–Trinajstić information content (AvgIpc) is 2.85. The summed E-state index contributed by atoms with van der Waals surface area (Å²) >= 11 is 0. The molecule has 1 saturated heterocycles. The first kappa shape index (κ1) is 29.8. The summed E-state index contributed by atoms with van der Waals surface area (Å²) in [6.45, 7) is 18.1. The highest BCUT2D eigenvalue weighted by atomic mass is 16.5. The van der Waals surface area contributed by atoms with Crippen molar-refractivity contribution in [2.45, 2.75) is 111 Å². The Labute approximate surface area is 204 Å². The maximum Gasteiger partial charge on any atom is 0.161 e. The third-order valence-electron chi connectivity index (χ3n) is 8.37. The number of ether oxygens (including phenoxy) is 1. The van der Waals surface area contributed by atoms with Gasteiger partial charge in [-0.3, -0.25) is 0 Å². The maximum absolute atomic E-state index is 11.1. The van der Waals surface area contributed by atoms with Gasteiger partial charge in [0, 0.05) is 24.1 Å². The van der Waals surface area contributed by atoms with E-state index in [9.17, 15) is 10.2 Å². The summed E-state index contributed by atoms with van der Waals surface area (Å²) in [7, 11) is 4.08. The van der Waals surface area contributed by atoms with Gasteiger partial charge in [0.2, 0.25) is 0 Å². The molecule has 0 amide bonds. The molecule has 0 spiro atoms. The molecule has 6 atom stereocenters. The van der Waals surface area contributed by atoms with Gasteiger partial charge in [-0.1, -0.05) is 67.4 Å². The first-order chi connectivity index (χ1) is 15.8. The number of phenols is 2. The number of likely N-dealkylation sites (tertiary alicyclic amines) is 1. The largest absolute Gasteiger partial charge is 0.504 e. The number of phenolic OH excluding ortho intramolecular Hbond substituents is 2. The molecule has 2 N–H and O–H groups in total. The van der Waals surface area contributed by atoms with Gasteiger partial charge in [0.1, 0.15) is 0 Å². The zero-order valence-electron chi connectivity index (χ0n) is 23.2. The molecule has 1 saturated carbocycles. The van der Waals surface area contributed by atoms with Crippen LogP contribution in [0.2, 0.25) is 0 Å². The quantitative estimate of drug-likeness (QED) is 0.440. The summed E-state index contributed by atoms with van der Waals surface area (Å²) in [6.07, 6.45) is 6.51. The Hall–Kier alpha value is -1.26. The van der Waals surface area contributed by atoms with Crippen molar-refractivity contribution in [1.82, 2.24) is 4.90 Å². The lowest BCUT2D eigenvalue weighted by Crippen LogP contribution is -2.59. The van der Waals surface area contributed by atoms with E-state index in [4.69, 9.17) is 4.74 Å². The van der Waals surface area contributed by atoms with Crippen LogP contribution in [0.4, 0.5) is 0 Å². The first-order valence-corrected chi connectivity index (χ1v) is 13.6. The number of methoxy groups -OCH3 is 1. The van der Waals surface area contributed by atoms with E-state index in [0.717, 1.165) is 43.4 Å². The van der Waals surface area contributed by atoms with Gasteiger partial charge >= 0.3 is 0 Å². The summed E-state index contributed by atoms with van der Waals surface area (Å²) in [6, 6.07) is 4.08. The van der Waals surface area contributed by atoms with Crippen molar-refractivity contribution in [3.8, 4) is 11.5 Å². The van der Waals surface area contributed by atoms with Crippen LogP contribution in [0.3, 0.4) is 0 Å². The smallest absolute Gasteiger partial charge is 0.161 e. The number of nitrogens with zero attached hydrogens (tertiary/aromatic N) is 1. The van der Waals surface area contributed by atoms with Crippen LogP contribution in [-0.4, -0.2) is 48.0 Å². The summed E-state index contributed by atoms with van der Waals surface area (Å²) in [5.41, 5.74) is 2.01. The van der Waals surface area contributed by atoms with E-state index in [1.165, 1.54) is 12.8 Å². The summed E-state index contributed by atoms with van der Waals surface area (Å²) in [4.78, 5) is 2.48. The number of hydrogen-bond donors (Lipinski definition) is 2. The van der Waals surface area contributed by atoms with Crippen molar-refractivity contribution in [2.75, 3.05) is 20.7 Å². The zero-order chi connectivity index (χ0) is 25.3. The number of piperidine rings is 1. The van der Waals surface area contributed by atoms with Gasteiger partial charge in [0.15, 0.2) is 11.5 Å². The van der Waals surface area contributed by atoms with Crippen LogP contribution in [0, 0.1) is 17.8 Å². The lowest BCUT2D eigenvalue weighted by molar-refractivity contribution is -0.0877. The Morgan fingerprint density at radius 1 is 1.15 bits per heavy atom. The van der Waals surface area contributed by atoms with Crippen molar-refractivity contribution in [2.24, 2.45) is 17.8 Å². The molecule has 33 heavy (non-hydrogen) atoms. The number of aryl methyl sites for hydroxylation is 1. The standard InChI is InChI=1S/C25H41NO3.2C2H6/c1-7-9-16(3)19-14-20-17(4)26(5)13-12-25(20,15-22(19)29-6)23-18(8-2)10-11-21(27)24(23)28;2*1-2/h10-11,16-17,19-20,22,27-28H,7-9,12-15H2,1-6H3;2*1-2H3/t16?,17-,19?,20?,22?,25?;;/m1../s1. The van der Waals surface area contributed by atoms with Crippen molar-refractivity contribution < 1.29 is 14.9 Å². The molecule has 1 heterocycles. The molecule has 1 aromatic carbocycles. The predicted octanol–water partition coefficient (Wildman–Crippen LogP) is 7.15. The van der Waals surface area contributed by atoms with Crippen LogP contribution in [0.1, 0.15) is 98.6 Å². The molecular formula is C29H53NO3. The summed E-state index contributed by atoms with van der Waals surface area (Å²) in [5, 5.41) is 21.5. The molecule has 5 unspecified atom stereocenters. The Balaban J connectivity index is 0.00000129. The van der Waals surface area contributed by atoms with Gasteiger partial charge in [-0.15, -0.1) is 0 Å². The van der Waals surface area contributed by atoms with Crippen LogP contribution in [0.25, 0.3) is 0 Å². The normalized spacial score (nSPS) is 30.2. The summed E-state index contributed by atoms with van der Waals surface area (Å²) < 4.78 is 6.11. The van der Waals surface area contributed by atoms with E-state index < -0.39 is 0 Å². The van der Waals surface area contributed by atoms with Crippen LogP contribution in [0.5, 0.6) is 11.5 Å². The maximum atomic E-state index is 11.1. The molecule has 1 aliphatic carbocycles. The fraction of sp³-hybridized carbons (Fsp3) is 0.793. The van der Waals surface area contributed by atoms with E-state index in [-0.39, 0.29) is 23.0 Å². The van der Waals surface area contributed by atoms with Gasteiger partial charge in [-0.2, -0.15) is 0 Å². The van der Waals surface area contributed by atoms with Crippen LogP contribution in [0.15, 0.2) is 12.1 Å². The predicted molar refractivity (Wildman–Crippen MR) is 141 cm³/mol. The molecular weight excluding hydrogens is 410 g/mol. The molecule has 0 bridgehead atoms. The van der Waals surface area contributed by atoms with Gasteiger partial charge in [0.25, 0.3) is 0 Å². The van der Waals surface area contributed by atoms with Crippen LogP contribution in [-0.2, 0) is 16.6 Å². The van der Waals surface area contributed by atoms with Crippen LogP contribution >= 0.6 is 0 Å². The molecule has 0 aromatic heterocycles. The SMILES string of the molecule is CC.CC.CCCC(C)C1CC2[C@@H](C)N(C)CCC2(c2c(CC)ccc(O)c2O)CC1OC. The Morgan fingerprint density at radius 3 is 2.33 bits per heavy atom. The highest BCUT2D eigenvalue weighted by molar-refractivity contribution is 5.54. The van der Waals surface area contributed by atoms with Crippen molar-refractivity contribution >= 4 is 0 Å². The van der Waals surface area contributed by atoms with Gasteiger partial charge in [-0.25, -0.2) is 0 Å². The molecule has 2 fully saturated rings.